The van der Waals surface area contributed by atoms with Crippen molar-refractivity contribution in [2.45, 2.75) is 18.9 Å². The van der Waals surface area contributed by atoms with Gasteiger partial charge in [-0.25, -0.2) is 0 Å². The monoisotopic (exact) mass is 259 g/mol. The fraction of sp³-hybridized carbons (Fsp3) is 0.364. The van der Waals surface area contributed by atoms with Crippen LogP contribution in [0.3, 0.4) is 0 Å². The molecular formula is C11H11Cl2NO2. The third-order valence-corrected chi connectivity index (χ3v) is 3.34. The van der Waals surface area contributed by atoms with Crippen molar-refractivity contribution in [1.82, 2.24) is 0 Å². The molecule has 2 rings (SSSR count). The van der Waals surface area contributed by atoms with Crippen molar-refractivity contribution >= 4 is 34.9 Å². The normalized spacial score (nSPS) is 23.6. The quantitative estimate of drug-likeness (QED) is 0.876. The number of benzene rings is 1. The fourth-order valence-electron chi connectivity index (χ4n) is 1.77. The Morgan fingerprint density at radius 1 is 1.38 bits per heavy atom. The lowest BCUT2D eigenvalue weighted by Gasteiger charge is -2.33. The SMILES string of the molecule is O=C(O)C1CC(Nc2cc(Cl)ccc2Cl)C1. The largest absolute Gasteiger partial charge is 0.481 e. The molecule has 1 aliphatic carbocycles. The molecule has 0 unspecified atom stereocenters. The van der Waals surface area contributed by atoms with Crippen molar-refractivity contribution in [3.63, 3.8) is 0 Å². The van der Waals surface area contributed by atoms with Crippen LogP contribution in [0.5, 0.6) is 0 Å². The second-order valence-electron chi connectivity index (χ2n) is 3.97. The highest BCUT2D eigenvalue weighted by atomic mass is 35.5. The van der Waals surface area contributed by atoms with Crippen LogP contribution >= 0.6 is 23.2 Å². The highest BCUT2D eigenvalue weighted by Gasteiger charge is 2.34. The molecule has 2 N–H and O–H groups in total. The van der Waals surface area contributed by atoms with Crippen molar-refractivity contribution in [1.29, 1.82) is 0 Å². The van der Waals surface area contributed by atoms with Crippen LogP contribution in [0.2, 0.25) is 10.0 Å². The molecule has 0 saturated heterocycles. The van der Waals surface area contributed by atoms with Crippen molar-refractivity contribution < 1.29 is 9.90 Å². The number of aliphatic carboxylic acids is 1. The molecule has 0 amide bonds. The van der Waals surface area contributed by atoms with Gasteiger partial charge in [-0.2, -0.15) is 0 Å². The summed E-state index contributed by atoms with van der Waals surface area (Å²) in [6.45, 7) is 0. The lowest BCUT2D eigenvalue weighted by molar-refractivity contribution is -0.144. The summed E-state index contributed by atoms with van der Waals surface area (Å²) in [5, 5.41) is 13.1. The predicted molar refractivity (Wildman–Crippen MR) is 64.2 cm³/mol. The Bertz CT molecular complexity index is 416. The number of hydrogen-bond donors (Lipinski definition) is 2. The second-order valence-corrected chi connectivity index (χ2v) is 4.82. The molecule has 1 saturated carbocycles. The van der Waals surface area contributed by atoms with Crippen LogP contribution in [0.25, 0.3) is 0 Å². The Morgan fingerprint density at radius 2 is 2.06 bits per heavy atom. The second kappa shape index (κ2) is 4.52. The molecule has 1 aromatic carbocycles. The molecular weight excluding hydrogens is 249 g/mol. The van der Waals surface area contributed by atoms with E-state index < -0.39 is 5.97 Å². The molecule has 0 spiro atoms. The standard InChI is InChI=1S/C11H11Cl2NO2/c12-7-1-2-9(13)10(5-7)14-8-3-6(4-8)11(15)16/h1-2,5-6,8,14H,3-4H2,(H,15,16). The van der Waals surface area contributed by atoms with Crippen LogP contribution < -0.4 is 5.32 Å². The lowest BCUT2D eigenvalue weighted by atomic mass is 9.80. The minimum Gasteiger partial charge on any atom is -0.481 e. The smallest absolute Gasteiger partial charge is 0.306 e. The number of carboxylic acids is 1. The maximum Gasteiger partial charge on any atom is 0.306 e. The molecule has 1 aliphatic rings. The topological polar surface area (TPSA) is 49.3 Å². The molecule has 0 atom stereocenters. The van der Waals surface area contributed by atoms with E-state index in [2.05, 4.69) is 5.32 Å². The molecule has 1 fully saturated rings. The van der Waals surface area contributed by atoms with Crippen LogP contribution in [0.4, 0.5) is 5.69 Å². The lowest BCUT2D eigenvalue weighted by Crippen LogP contribution is -2.39. The van der Waals surface area contributed by atoms with E-state index in [1.54, 1.807) is 18.2 Å². The summed E-state index contributed by atoms with van der Waals surface area (Å²) < 4.78 is 0. The van der Waals surface area contributed by atoms with Crippen molar-refractivity contribution in [3.05, 3.63) is 28.2 Å². The zero-order chi connectivity index (χ0) is 11.7. The van der Waals surface area contributed by atoms with E-state index in [1.807, 2.05) is 0 Å². The zero-order valence-corrected chi connectivity index (χ0v) is 9.92. The summed E-state index contributed by atoms with van der Waals surface area (Å²) in [6, 6.07) is 5.37. The minimum absolute atomic E-state index is 0.178. The summed E-state index contributed by atoms with van der Waals surface area (Å²) >= 11 is 11.8. The molecule has 1 aromatic rings. The first-order chi connectivity index (χ1) is 7.56. The van der Waals surface area contributed by atoms with Gasteiger partial charge in [0.1, 0.15) is 0 Å². The Labute approximate surface area is 103 Å². The van der Waals surface area contributed by atoms with Gasteiger partial charge in [-0.15, -0.1) is 0 Å². The molecule has 86 valence electrons. The van der Waals surface area contributed by atoms with Gasteiger partial charge in [0.05, 0.1) is 16.6 Å². The van der Waals surface area contributed by atoms with Gasteiger partial charge < -0.3 is 10.4 Å². The van der Waals surface area contributed by atoms with Crippen molar-refractivity contribution in [2.75, 3.05) is 5.32 Å². The van der Waals surface area contributed by atoms with Crippen LogP contribution in [0, 0.1) is 5.92 Å². The zero-order valence-electron chi connectivity index (χ0n) is 8.41. The summed E-state index contributed by atoms with van der Waals surface area (Å²) in [6.07, 6.45) is 1.27. The molecule has 16 heavy (non-hydrogen) atoms. The van der Waals surface area contributed by atoms with Crippen LogP contribution in [0.1, 0.15) is 12.8 Å². The molecule has 0 radical (unpaired) electrons. The van der Waals surface area contributed by atoms with Crippen molar-refractivity contribution in [2.24, 2.45) is 5.92 Å². The first-order valence-electron chi connectivity index (χ1n) is 5.00. The third-order valence-electron chi connectivity index (χ3n) is 2.78. The average Bonchev–Trinajstić information content (AvgIpc) is 2.15. The van der Waals surface area contributed by atoms with E-state index in [9.17, 15) is 4.79 Å². The number of nitrogens with one attached hydrogen (secondary N) is 1. The maximum atomic E-state index is 10.6. The van der Waals surface area contributed by atoms with E-state index in [-0.39, 0.29) is 12.0 Å². The van der Waals surface area contributed by atoms with Gasteiger partial charge in [0, 0.05) is 11.1 Å². The van der Waals surface area contributed by atoms with Gasteiger partial charge in [0.15, 0.2) is 0 Å². The van der Waals surface area contributed by atoms with Gasteiger partial charge in [-0.3, -0.25) is 4.79 Å². The number of rotatable bonds is 3. The molecule has 3 nitrogen and oxygen atoms in total. The predicted octanol–water partition coefficient (Wildman–Crippen LogP) is 3.27. The molecule has 0 bridgehead atoms. The Balaban J connectivity index is 1.96. The summed E-state index contributed by atoms with van der Waals surface area (Å²) in [7, 11) is 0. The maximum absolute atomic E-state index is 10.6. The van der Waals surface area contributed by atoms with Gasteiger partial charge in [-0.1, -0.05) is 23.2 Å². The number of carbonyl (C=O) groups is 1. The van der Waals surface area contributed by atoms with Gasteiger partial charge in [-0.05, 0) is 31.0 Å². The number of carboxylic acid groups (broad SMARTS) is 1. The van der Waals surface area contributed by atoms with Gasteiger partial charge in [0.2, 0.25) is 0 Å². The van der Waals surface area contributed by atoms with Gasteiger partial charge >= 0.3 is 5.97 Å². The third kappa shape index (κ3) is 2.42. The number of halogens is 2. The Kier molecular flexibility index (Phi) is 3.26. The van der Waals surface area contributed by atoms with E-state index in [0.717, 1.165) is 5.69 Å². The van der Waals surface area contributed by atoms with Crippen LogP contribution in [-0.4, -0.2) is 17.1 Å². The molecule has 0 aliphatic heterocycles. The Morgan fingerprint density at radius 3 is 2.69 bits per heavy atom. The first-order valence-corrected chi connectivity index (χ1v) is 5.76. The molecule has 0 heterocycles. The number of hydrogen-bond acceptors (Lipinski definition) is 2. The van der Waals surface area contributed by atoms with Gasteiger partial charge in [0.25, 0.3) is 0 Å². The van der Waals surface area contributed by atoms with Crippen LogP contribution in [0.15, 0.2) is 18.2 Å². The summed E-state index contributed by atoms with van der Waals surface area (Å²) in [5.41, 5.74) is 0.767. The summed E-state index contributed by atoms with van der Waals surface area (Å²) in [5.74, 6) is -0.953. The van der Waals surface area contributed by atoms with E-state index >= 15 is 0 Å². The van der Waals surface area contributed by atoms with E-state index in [4.69, 9.17) is 28.3 Å². The number of anilines is 1. The van der Waals surface area contributed by atoms with E-state index in [0.29, 0.717) is 22.9 Å². The van der Waals surface area contributed by atoms with E-state index in [1.165, 1.54) is 0 Å². The minimum atomic E-state index is -0.727. The highest BCUT2D eigenvalue weighted by molar-refractivity contribution is 6.35. The highest BCUT2D eigenvalue weighted by Crippen LogP contribution is 2.33. The van der Waals surface area contributed by atoms with Crippen molar-refractivity contribution in [3.8, 4) is 0 Å². The molecule has 5 heteroatoms. The molecule has 0 aromatic heterocycles. The Hall–Kier alpha value is -0.930. The summed E-state index contributed by atoms with van der Waals surface area (Å²) in [4.78, 5) is 10.6. The fourth-order valence-corrected chi connectivity index (χ4v) is 2.11. The van der Waals surface area contributed by atoms with Crippen LogP contribution in [-0.2, 0) is 4.79 Å². The first kappa shape index (κ1) is 11.6. The average molecular weight is 260 g/mol.